The van der Waals surface area contributed by atoms with Crippen LogP contribution in [0.2, 0.25) is 0 Å². The molecule has 20 heavy (non-hydrogen) atoms. The number of rotatable bonds is 4. The van der Waals surface area contributed by atoms with Crippen LogP contribution in [0, 0.1) is 0 Å². The summed E-state index contributed by atoms with van der Waals surface area (Å²) in [6.07, 6.45) is -0.0571. The van der Waals surface area contributed by atoms with E-state index in [0.29, 0.717) is 13.1 Å². The fraction of sp³-hybridized carbons (Fsp3) is 0.500. The number of sulfonamides is 1. The maximum atomic E-state index is 11.3. The lowest BCUT2D eigenvalue weighted by Gasteiger charge is -2.19. The van der Waals surface area contributed by atoms with E-state index in [4.69, 9.17) is 20.3 Å². The van der Waals surface area contributed by atoms with Gasteiger partial charge in [-0.1, -0.05) is 0 Å². The standard InChI is InChI=1S/C12H19N3O4S/c1-18-10-6-15(7-11(10)19-2)8-3-4-12(9(13)5-8)20(14,16)17/h3-5,10-11H,6-7,13H2,1-2H3,(H2,14,16,17). The van der Waals surface area contributed by atoms with Crippen molar-refractivity contribution < 1.29 is 17.9 Å². The van der Waals surface area contributed by atoms with Gasteiger partial charge in [-0.25, -0.2) is 13.6 Å². The molecule has 0 aliphatic carbocycles. The molecule has 1 aliphatic rings. The Balaban J connectivity index is 2.25. The molecule has 8 heteroatoms. The molecule has 2 unspecified atom stereocenters. The Kier molecular flexibility index (Phi) is 4.19. The van der Waals surface area contributed by atoms with Gasteiger partial charge in [0.15, 0.2) is 0 Å². The van der Waals surface area contributed by atoms with Crippen molar-refractivity contribution in [3.8, 4) is 0 Å². The van der Waals surface area contributed by atoms with Crippen LogP contribution in [0.4, 0.5) is 11.4 Å². The van der Waals surface area contributed by atoms with Crippen molar-refractivity contribution in [3.05, 3.63) is 18.2 Å². The molecule has 1 aliphatic heterocycles. The molecule has 0 saturated carbocycles. The molecule has 2 atom stereocenters. The van der Waals surface area contributed by atoms with E-state index in [1.54, 1.807) is 26.4 Å². The van der Waals surface area contributed by atoms with E-state index in [9.17, 15) is 8.42 Å². The predicted octanol–water partition coefficient (Wildman–Crippen LogP) is -0.234. The molecule has 0 aromatic heterocycles. The summed E-state index contributed by atoms with van der Waals surface area (Å²) in [7, 11) is -0.522. The maximum Gasteiger partial charge on any atom is 0.240 e. The molecule has 1 saturated heterocycles. The number of hydrogen-bond donors (Lipinski definition) is 2. The van der Waals surface area contributed by atoms with E-state index in [2.05, 4.69) is 0 Å². The van der Waals surface area contributed by atoms with E-state index in [-0.39, 0.29) is 22.8 Å². The molecule has 1 fully saturated rings. The highest BCUT2D eigenvalue weighted by Gasteiger charge is 2.33. The summed E-state index contributed by atoms with van der Waals surface area (Å²) in [5.41, 5.74) is 6.72. The lowest BCUT2D eigenvalue weighted by molar-refractivity contribution is -0.00461. The van der Waals surface area contributed by atoms with Gasteiger partial charge in [0.25, 0.3) is 0 Å². The average molecular weight is 301 g/mol. The second-order valence-corrected chi connectivity index (χ2v) is 6.25. The van der Waals surface area contributed by atoms with Crippen molar-refractivity contribution in [2.75, 3.05) is 37.9 Å². The molecule has 1 aromatic carbocycles. The third-order valence-corrected chi connectivity index (χ3v) is 4.47. The molecule has 4 N–H and O–H groups in total. The number of nitrogens with two attached hydrogens (primary N) is 2. The van der Waals surface area contributed by atoms with Gasteiger partial charge in [-0.05, 0) is 18.2 Å². The molecule has 2 rings (SSSR count). The van der Waals surface area contributed by atoms with Crippen LogP contribution in [0.15, 0.2) is 23.1 Å². The summed E-state index contributed by atoms with van der Waals surface area (Å²) in [6, 6.07) is 4.70. The zero-order chi connectivity index (χ0) is 14.9. The molecule has 7 nitrogen and oxygen atoms in total. The summed E-state index contributed by atoms with van der Waals surface area (Å²) in [5.74, 6) is 0. The monoisotopic (exact) mass is 301 g/mol. The number of hydrogen-bond acceptors (Lipinski definition) is 6. The van der Waals surface area contributed by atoms with Crippen molar-refractivity contribution in [2.45, 2.75) is 17.1 Å². The zero-order valence-electron chi connectivity index (χ0n) is 11.4. The van der Waals surface area contributed by atoms with E-state index in [1.165, 1.54) is 6.07 Å². The molecule has 1 aromatic rings. The van der Waals surface area contributed by atoms with Crippen molar-refractivity contribution in [1.29, 1.82) is 0 Å². The van der Waals surface area contributed by atoms with Crippen molar-refractivity contribution in [3.63, 3.8) is 0 Å². The Morgan fingerprint density at radius 1 is 1.20 bits per heavy atom. The lowest BCUT2D eigenvalue weighted by atomic mass is 10.2. The number of anilines is 2. The minimum atomic E-state index is -3.80. The molecule has 0 spiro atoms. The third kappa shape index (κ3) is 2.88. The van der Waals surface area contributed by atoms with E-state index >= 15 is 0 Å². The first kappa shape index (κ1) is 15.0. The summed E-state index contributed by atoms with van der Waals surface area (Å²) in [4.78, 5) is 1.97. The van der Waals surface area contributed by atoms with Crippen LogP contribution in [-0.4, -0.2) is 47.9 Å². The van der Waals surface area contributed by atoms with Crippen LogP contribution in [0.1, 0.15) is 0 Å². The molecule has 0 radical (unpaired) electrons. The van der Waals surface area contributed by atoms with Crippen LogP contribution < -0.4 is 15.8 Å². The Morgan fingerprint density at radius 2 is 1.75 bits per heavy atom. The van der Waals surface area contributed by atoms with Gasteiger partial charge in [0, 0.05) is 33.0 Å². The number of primary sulfonamides is 1. The highest BCUT2D eigenvalue weighted by molar-refractivity contribution is 7.89. The quantitative estimate of drug-likeness (QED) is 0.744. The summed E-state index contributed by atoms with van der Waals surface area (Å²) >= 11 is 0. The normalized spacial score (nSPS) is 23.2. The fourth-order valence-electron chi connectivity index (χ4n) is 2.40. The smallest absolute Gasteiger partial charge is 0.240 e. The van der Waals surface area contributed by atoms with Gasteiger partial charge in [-0.3, -0.25) is 0 Å². The van der Waals surface area contributed by atoms with Crippen molar-refractivity contribution >= 4 is 21.4 Å². The van der Waals surface area contributed by atoms with Gasteiger partial charge in [0.05, 0.1) is 5.69 Å². The van der Waals surface area contributed by atoms with Crippen molar-refractivity contribution in [2.24, 2.45) is 5.14 Å². The molecular weight excluding hydrogens is 282 g/mol. The van der Waals surface area contributed by atoms with Crippen LogP contribution in [0.5, 0.6) is 0 Å². The summed E-state index contributed by atoms with van der Waals surface area (Å²) in [5, 5.41) is 5.09. The summed E-state index contributed by atoms with van der Waals surface area (Å²) in [6.45, 7) is 1.31. The molecule has 0 amide bonds. The summed E-state index contributed by atoms with van der Waals surface area (Å²) < 4.78 is 33.4. The fourth-order valence-corrected chi connectivity index (χ4v) is 3.04. The van der Waals surface area contributed by atoms with E-state index in [1.807, 2.05) is 4.90 Å². The van der Waals surface area contributed by atoms with Gasteiger partial charge in [-0.2, -0.15) is 0 Å². The molecule has 112 valence electrons. The maximum absolute atomic E-state index is 11.3. The zero-order valence-corrected chi connectivity index (χ0v) is 12.3. The first-order valence-electron chi connectivity index (χ1n) is 6.09. The Hall–Kier alpha value is -1.35. The van der Waals surface area contributed by atoms with E-state index in [0.717, 1.165) is 5.69 Å². The largest absolute Gasteiger partial charge is 0.398 e. The van der Waals surface area contributed by atoms with Gasteiger partial charge >= 0.3 is 0 Å². The highest BCUT2D eigenvalue weighted by atomic mass is 32.2. The third-order valence-electron chi connectivity index (χ3n) is 3.49. The number of nitrogens with zero attached hydrogens (tertiary/aromatic N) is 1. The predicted molar refractivity (Wildman–Crippen MR) is 76.0 cm³/mol. The molecular formula is C12H19N3O4S. The van der Waals surface area contributed by atoms with Crippen LogP contribution in [0.3, 0.4) is 0 Å². The number of benzene rings is 1. The Bertz CT molecular complexity index is 578. The lowest BCUT2D eigenvalue weighted by Crippen LogP contribution is -2.27. The molecule has 1 heterocycles. The van der Waals surface area contributed by atoms with E-state index < -0.39 is 10.0 Å². The van der Waals surface area contributed by atoms with Gasteiger partial charge in [-0.15, -0.1) is 0 Å². The SMILES string of the molecule is COC1CN(c2ccc(S(N)(=O)=O)c(N)c2)CC1OC. The first-order chi connectivity index (χ1) is 9.36. The number of nitrogen functional groups attached to an aromatic ring is 1. The molecule has 0 bridgehead atoms. The second kappa shape index (κ2) is 5.57. The minimum absolute atomic E-state index is 0.0286. The average Bonchev–Trinajstić information content (AvgIpc) is 2.80. The Morgan fingerprint density at radius 3 is 2.15 bits per heavy atom. The number of methoxy groups -OCH3 is 2. The first-order valence-corrected chi connectivity index (χ1v) is 7.64. The highest BCUT2D eigenvalue weighted by Crippen LogP contribution is 2.28. The van der Waals surface area contributed by atoms with Crippen LogP contribution in [0.25, 0.3) is 0 Å². The van der Waals surface area contributed by atoms with Gasteiger partial charge in [0.2, 0.25) is 10.0 Å². The van der Waals surface area contributed by atoms with Gasteiger partial charge < -0.3 is 20.1 Å². The topological polar surface area (TPSA) is 108 Å². The van der Waals surface area contributed by atoms with Crippen molar-refractivity contribution in [1.82, 2.24) is 0 Å². The Labute approximate surface area is 118 Å². The van der Waals surface area contributed by atoms with Gasteiger partial charge in [0.1, 0.15) is 17.1 Å². The number of ether oxygens (including phenoxy) is 2. The van der Waals surface area contributed by atoms with Crippen LogP contribution in [-0.2, 0) is 19.5 Å². The second-order valence-electron chi connectivity index (χ2n) is 4.72. The minimum Gasteiger partial charge on any atom is -0.398 e. The van der Waals surface area contributed by atoms with Crippen LogP contribution >= 0.6 is 0 Å².